The zero-order valence-corrected chi connectivity index (χ0v) is 17.2. The van der Waals surface area contributed by atoms with E-state index in [0.717, 1.165) is 11.1 Å². The average Bonchev–Trinajstić information content (AvgIpc) is 2.61. The molecule has 2 aromatic rings. The molecule has 0 saturated heterocycles. The van der Waals surface area contributed by atoms with Crippen molar-refractivity contribution in [2.45, 2.75) is 44.6 Å². The molecule has 0 atom stereocenters. The topological polar surface area (TPSA) is 66.5 Å². The van der Waals surface area contributed by atoms with Gasteiger partial charge in [0.05, 0.1) is 4.90 Å². The maximum atomic E-state index is 12.5. The van der Waals surface area contributed by atoms with E-state index >= 15 is 0 Å². The summed E-state index contributed by atoms with van der Waals surface area (Å²) in [6, 6.07) is 16.5. The molecule has 0 bridgehead atoms. The maximum absolute atomic E-state index is 12.5. The highest BCUT2D eigenvalue weighted by molar-refractivity contribution is 7.89. The molecule has 0 radical (unpaired) electrons. The van der Waals surface area contributed by atoms with Crippen molar-refractivity contribution in [1.82, 2.24) is 9.62 Å². The molecule has 146 valence electrons. The number of rotatable bonds is 7. The summed E-state index contributed by atoms with van der Waals surface area (Å²) in [6.45, 7) is 8.66. The number of sulfonamides is 1. The van der Waals surface area contributed by atoms with Gasteiger partial charge in [0.15, 0.2) is 0 Å². The fraction of sp³-hybridized carbons (Fsp3) is 0.381. The Bertz CT molecular complexity index is 855. The molecule has 2 rings (SSSR count). The van der Waals surface area contributed by atoms with E-state index in [-0.39, 0.29) is 22.8 Å². The number of benzene rings is 2. The van der Waals surface area contributed by atoms with Crippen LogP contribution in [0.5, 0.6) is 0 Å². The minimum atomic E-state index is -3.60. The SMILES string of the molecule is CC(=O)N(CCNS(=O)(=O)c1ccc(C(C)(C)C)cc1)Cc1ccccc1. The van der Waals surface area contributed by atoms with E-state index in [0.29, 0.717) is 13.1 Å². The van der Waals surface area contributed by atoms with E-state index in [1.807, 2.05) is 42.5 Å². The van der Waals surface area contributed by atoms with E-state index in [1.165, 1.54) is 6.92 Å². The molecule has 0 heterocycles. The minimum absolute atomic E-state index is 0.0326. The maximum Gasteiger partial charge on any atom is 0.240 e. The molecule has 0 saturated carbocycles. The molecule has 1 N–H and O–H groups in total. The molecule has 0 spiro atoms. The Morgan fingerprint density at radius 3 is 2.11 bits per heavy atom. The van der Waals surface area contributed by atoms with Gasteiger partial charge in [-0.1, -0.05) is 63.2 Å². The van der Waals surface area contributed by atoms with Crippen molar-refractivity contribution in [1.29, 1.82) is 0 Å². The van der Waals surface area contributed by atoms with Crippen LogP contribution in [0.3, 0.4) is 0 Å². The summed E-state index contributed by atoms with van der Waals surface area (Å²) in [4.78, 5) is 13.7. The van der Waals surface area contributed by atoms with Crippen LogP contribution in [0.1, 0.15) is 38.8 Å². The minimum Gasteiger partial charge on any atom is -0.337 e. The molecule has 1 amide bonds. The number of nitrogens with zero attached hydrogens (tertiary/aromatic N) is 1. The van der Waals surface area contributed by atoms with Crippen LogP contribution >= 0.6 is 0 Å². The number of amides is 1. The molecule has 0 unspecified atom stereocenters. The van der Waals surface area contributed by atoms with Crippen LogP contribution < -0.4 is 4.72 Å². The third-order valence-corrected chi connectivity index (χ3v) is 5.84. The monoisotopic (exact) mass is 388 g/mol. The molecule has 5 nitrogen and oxygen atoms in total. The largest absolute Gasteiger partial charge is 0.337 e. The Morgan fingerprint density at radius 1 is 1.00 bits per heavy atom. The van der Waals surface area contributed by atoms with Crippen molar-refractivity contribution < 1.29 is 13.2 Å². The number of carbonyl (C=O) groups is 1. The molecule has 6 heteroatoms. The summed E-state index contributed by atoms with van der Waals surface area (Å²) in [5.41, 5.74) is 2.05. The lowest BCUT2D eigenvalue weighted by atomic mass is 9.87. The highest BCUT2D eigenvalue weighted by Crippen LogP contribution is 2.23. The highest BCUT2D eigenvalue weighted by atomic mass is 32.2. The van der Waals surface area contributed by atoms with Crippen molar-refractivity contribution >= 4 is 15.9 Å². The lowest BCUT2D eigenvalue weighted by Gasteiger charge is -2.21. The first-order chi connectivity index (χ1) is 12.6. The first-order valence-electron chi connectivity index (χ1n) is 8.99. The van der Waals surface area contributed by atoms with Crippen molar-refractivity contribution in [2.24, 2.45) is 0 Å². The van der Waals surface area contributed by atoms with Gasteiger partial charge < -0.3 is 4.90 Å². The van der Waals surface area contributed by atoms with Gasteiger partial charge >= 0.3 is 0 Å². The normalized spacial score (nSPS) is 12.0. The van der Waals surface area contributed by atoms with E-state index < -0.39 is 10.0 Å². The third kappa shape index (κ3) is 6.19. The zero-order valence-electron chi connectivity index (χ0n) is 16.4. The van der Waals surface area contributed by atoms with Crippen LogP contribution in [0.15, 0.2) is 59.5 Å². The van der Waals surface area contributed by atoms with Gasteiger partial charge in [-0.15, -0.1) is 0 Å². The summed E-state index contributed by atoms with van der Waals surface area (Å²) in [6.07, 6.45) is 0. The van der Waals surface area contributed by atoms with Crippen molar-refractivity contribution in [3.8, 4) is 0 Å². The van der Waals surface area contributed by atoms with E-state index in [9.17, 15) is 13.2 Å². The fourth-order valence-corrected chi connectivity index (χ4v) is 3.71. The Labute approximate surface area is 162 Å². The molecule has 0 aliphatic heterocycles. The van der Waals surface area contributed by atoms with Crippen LogP contribution in [-0.2, 0) is 26.8 Å². The van der Waals surface area contributed by atoms with Crippen molar-refractivity contribution in [2.75, 3.05) is 13.1 Å². The van der Waals surface area contributed by atoms with Gasteiger partial charge in [0.1, 0.15) is 0 Å². The van der Waals surface area contributed by atoms with E-state index in [2.05, 4.69) is 25.5 Å². The Morgan fingerprint density at radius 2 is 1.59 bits per heavy atom. The average molecular weight is 389 g/mol. The Hall–Kier alpha value is -2.18. The van der Waals surface area contributed by atoms with Crippen LogP contribution in [-0.4, -0.2) is 32.3 Å². The van der Waals surface area contributed by atoms with Gasteiger partial charge in [-0.05, 0) is 28.7 Å². The van der Waals surface area contributed by atoms with Crippen molar-refractivity contribution in [3.63, 3.8) is 0 Å². The molecule has 27 heavy (non-hydrogen) atoms. The first kappa shape index (κ1) is 21.1. The molecule has 0 aromatic heterocycles. The van der Waals surface area contributed by atoms with Crippen LogP contribution in [0.4, 0.5) is 0 Å². The fourth-order valence-electron chi connectivity index (χ4n) is 2.68. The molecule has 0 aliphatic rings. The number of hydrogen-bond donors (Lipinski definition) is 1. The number of hydrogen-bond acceptors (Lipinski definition) is 3. The smallest absolute Gasteiger partial charge is 0.240 e. The summed E-state index contributed by atoms with van der Waals surface area (Å²) < 4.78 is 27.6. The van der Waals surface area contributed by atoms with E-state index in [4.69, 9.17) is 0 Å². The van der Waals surface area contributed by atoms with Crippen LogP contribution in [0, 0.1) is 0 Å². The lowest BCUT2D eigenvalue weighted by molar-refractivity contribution is -0.129. The summed E-state index contributed by atoms with van der Waals surface area (Å²) in [5.74, 6) is -0.0902. The van der Waals surface area contributed by atoms with Gasteiger partial charge in [-0.2, -0.15) is 0 Å². The predicted octanol–water partition coefficient (Wildman–Crippen LogP) is 3.31. The summed E-state index contributed by atoms with van der Waals surface area (Å²) >= 11 is 0. The molecule has 2 aromatic carbocycles. The Balaban J connectivity index is 1.98. The summed E-state index contributed by atoms with van der Waals surface area (Å²) in [5, 5.41) is 0. The zero-order chi connectivity index (χ0) is 20.1. The van der Waals surface area contributed by atoms with Gasteiger partial charge in [-0.25, -0.2) is 13.1 Å². The van der Waals surface area contributed by atoms with Gasteiger partial charge in [0.25, 0.3) is 0 Å². The van der Waals surface area contributed by atoms with Gasteiger partial charge in [-0.3, -0.25) is 4.79 Å². The second-order valence-electron chi connectivity index (χ2n) is 7.60. The lowest BCUT2D eigenvalue weighted by Crippen LogP contribution is -2.37. The van der Waals surface area contributed by atoms with Gasteiger partial charge in [0.2, 0.25) is 15.9 Å². The first-order valence-corrected chi connectivity index (χ1v) is 10.5. The van der Waals surface area contributed by atoms with Crippen LogP contribution in [0.25, 0.3) is 0 Å². The second-order valence-corrected chi connectivity index (χ2v) is 9.37. The highest BCUT2D eigenvalue weighted by Gasteiger charge is 2.18. The molecular formula is C21H28N2O3S. The van der Waals surface area contributed by atoms with Crippen LogP contribution in [0.2, 0.25) is 0 Å². The standard InChI is InChI=1S/C21H28N2O3S/c1-17(24)23(16-18-8-6-5-7-9-18)15-14-22-27(25,26)20-12-10-19(11-13-20)21(2,3)4/h5-13,22H,14-16H2,1-4H3. The molecule has 0 fully saturated rings. The number of nitrogens with one attached hydrogen (secondary N) is 1. The van der Waals surface area contributed by atoms with Crippen molar-refractivity contribution in [3.05, 3.63) is 65.7 Å². The Kier molecular flexibility index (Phi) is 6.78. The predicted molar refractivity (Wildman–Crippen MR) is 108 cm³/mol. The van der Waals surface area contributed by atoms with Gasteiger partial charge in [0, 0.05) is 26.6 Å². The van der Waals surface area contributed by atoms with E-state index in [1.54, 1.807) is 17.0 Å². The third-order valence-electron chi connectivity index (χ3n) is 4.37. The summed E-state index contributed by atoms with van der Waals surface area (Å²) in [7, 11) is -3.60. The second kappa shape index (κ2) is 8.67. The quantitative estimate of drug-likeness (QED) is 0.791. The number of carbonyl (C=O) groups excluding carboxylic acids is 1. The molecular weight excluding hydrogens is 360 g/mol. The molecule has 0 aliphatic carbocycles.